The molecule has 0 unspecified atom stereocenters. The van der Waals surface area contributed by atoms with Crippen LogP contribution in [0.1, 0.15) is 51.3 Å². The topological polar surface area (TPSA) is 126 Å². The zero-order valence-electron chi connectivity index (χ0n) is 22.8. The fourth-order valence-corrected chi connectivity index (χ4v) is 4.14. The number of carbonyl (C=O) groups excluding carboxylic acids is 5. The molecule has 0 bridgehead atoms. The van der Waals surface area contributed by atoms with E-state index in [1.54, 1.807) is 62.4 Å². The maximum Gasteiger partial charge on any atom is 0.343 e. The second kappa shape index (κ2) is 12.9. The van der Waals surface area contributed by atoms with Crippen LogP contribution in [-0.2, 0) is 19.1 Å². The number of ether oxygens (including phenoxy) is 4. The van der Waals surface area contributed by atoms with E-state index in [4.69, 9.17) is 18.9 Å². The predicted octanol–water partition coefficient (Wildman–Crippen LogP) is 4.26. The van der Waals surface area contributed by atoms with Gasteiger partial charge in [-0.1, -0.05) is 6.07 Å². The molecule has 1 heterocycles. The quantitative estimate of drug-likeness (QED) is 0.203. The van der Waals surface area contributed by atoms with Crippen molar-refractivity contribution in [1.29, 1.82) is 0 Å². The number of ketones is 1. The summed E-state index contributed by atoms with van der Waals surface area (Å²) in [5.74, 6) is -2.40. The van der Waals surface area contributed by atoms with Gasteiger partial charge in [0.1, 0.15) is 11.5 Å². The molecule has 212 valence electrons. The summed E-state index contributed by atoms with van der Waals surface area (Å²) in [4.78, 5) is 63.6. The fourth-order valence-electron chi connectivity index (χ4n) is 4.14. The van der Waals surface area contributed by atoms with Crippen LogP contribution in [0.3, 0.4) is 0 Å². The van der Waals surface area contributed by atoms with Crippen molar-refractivity contribution in [3.8, 4) is 11.5 Å². The van der Waals surface area contributed by atoms with E-state index in [1.165, 1.54) is 36.3 Å². The Labute approximate surface area is 236 Å². The number of amides is 1. The highest BCUT2D eigenvalue weighted by Gasteiger charge is 2.36. The average molecular weight is 560 g/mol. The number of benzene rings is 3. The van der Waals surface area contributed by atoms with Crippen molar-refractivity contribution in [1.82, 2.24) is 0 Å². The molecule has 0 saturated carbocycles. The van der Waals surface area contributed by atoms with Gasteiger partial charge in [-0.25, -0.2) is 9.59 Å². The van der Waals surface area contributed by atoms with Gasteiger partial charge in [-0.15, -0.1) is 0 Å². The van der Waals surface area contributed by atoms with E-state index in [0.717, 1.165) is 0 Å². The first-order valence-corrected chi connectivity index (χ1v) is 12.9. The average Bonchev–Trinajstić information content (AvgIpc) is 3.37. The monoisotopic (exact) mass is 559 g/mol. The molecule has 41 heavy (non-hydrogen) atoms. The smallest absolute Gasteiger partial charge is 0.343 e. The molecule has 0 N–H and O–H groups in total. The minimum atomic E-state index is -0.737. The van der Waals surface area contributed by atoms with E-state index in [-0.39, 0.29) is 36.3 Å². The van der Waals surface area contributed by atoms with E-state index in [2.05, 4.69) is 0 Å². The molecule has 1 amide bonds. The second-order valence-electron chi connectivity index (χ2n) is 9.58. The molecular formula is C31H29NO9. The maximum atomic E-state index is 12.6. The number of rotatable bonds is 10. The van der Waals surface area contributed by atoms with E-state index in [1.807, 2.05) is 0 Å². The fraction of sp³-hybridized carbons (Fsp3) is 0.258. The molecule has 1 fully saturated rings. The van der Waals surface area contributed by atoms with Gasteiger partial charge >= 0.3 is 17.9 Å². The van der Waals surface area contributed by atoms with Crippen LogP contribution in [0.4, 0.5) is 5.69 Å². The third-order valence-corrected chi connectivity index (χ3v) is 6.25. The third kappa shape index (κ3) is 7.36. The van der Waals surface area contributed by atoms with E-state index in [0.29, 0.717) is 22.6 Å². The molecule has 1 atom stereocenters. The van der Waals surface area contributed by atoms with Crippen LogP contribution in [0.5, 0.6) is 11.5 Å². The number of hydrogen-bond acceptors (Lipinski definition) is 9. The number of esters is 3. The number of methoxy groups -OCH3 is 1. The zero-order valence-corrected chi connectivity index (χ0v) is 22.8. The maximum absolute atomic E-state index is 12.6. The molecule has 3 aromatic rings. The molecule has 3 aromatic carbocycles. The summed E-state index contributed by atoms with van der Waals surface area (Å²) in [6, 6.07) is 18.7. The van der Waals surface area contributed by atoms with Gasteiger partial charge in [0, 0.05) is 24.2 Å². The zero-order chi connectivity index (χ0) is 29.5. The molecule has 0 aliphatic carbocycles. The first-order valence-electron chi connectivity index (χ1n) is 12.9. The van der Waals surface area contributed by atoms with Gasteiger partial charge < -0.3 is 23.8 Å². The Bertz CT molecular complexity index is 1450. The summed E-state index contributed by atoms with van der Waals surface area (Å²) in [5.41, 5.74) is 1.46. The van der Waals surface area contributed by atoms with Crippen molar-refractivity contribution >= 4 is 35.3 Å². The van der Waals surface area contributed by atoms with Gasteiger partial charge in [0.25, 0.3) is 0 Å². The normalized spacial score (nSPS) is 14.5. The molecule has 4 rings (SSSR count). The Morgan fingerprint density at radius 2 is 1.54 bits per heavy atom. The molecule has 1 saturated heterocycles. The number of anilines is 1. The third-order valence-electron chi connectivity index (χ3n) is 6.25. The molecule has 10 heteroatoms. The Balaban J connectivity index is 1.27. The standard InChI is InChI=1S/C31H29NO9/c1-19(2)40-30(36)21-7-11-24(12-8-21)32-17-23(16-28(32)34)29(35)39-18-27(33)20-9-13-25(14-10-20)41-31(37)22-5-4-6-26(15-22)38-3/h4-15,19,23H,16-18H2,1-3H3/t23-/m0/s1. The number of Topliss-reactive ketones (excluding diaryl/α,β-unsaturated/α-hetero) is 1. The van der Waals surface area contributed by atoms with E-state index in [9.17, 15) is 24.0 Å². The van der Waals surface area contributed by atoms with Gasteiger partial charge in [0.2, 0.25) is 5.91 Å². The van der Waals surface area contributed by atoms with E-state index >= 15 is 0 Å². The number of hydrogen-bond donors (Lipinski definition) is 0. The first-order chi connectivity index (χ1) is 19.6. The predicted molar refractivity (Wildman–Crippen MR) is 147 cm³/mol. The number of nitrogens with zero attached hydrogens (tertiary/aromatic N) is 1. The van der Waals surface area contributed by atoms with E-state index < -0.39 is 36.2 Å². The first kappa shape index (κ1) is 29.0. The summed E-state index contributed by atoms with van der Waals surface area (Å²) in [6.45, 7) is 3.10. The summed E-state index contributed by atoms with van der Waals surface area (Å²) in [5, 5.41) is 0. The Morgan fingerprint density at radius 1 is 0.854 bits per heavy atom. The van der Waals surface area contributed by atoms with Crippen LogP contribution < -0.4 is 14.4 Å². The van der Waals surface area contributed by atoms with Crippen LogP contribution in [0.25, 0.3) is 0 Å². The van der Waals surface area contributed by atoms with Crippen LogP contribution in [0, 0.1) is 5.92 Å². The van der Waals surface area contributed by atoms with Crippen molar-refractivity contribution < 1.29 is 42.9 Å². The largest absolute Gasteiger partial charge is 0.497 e. The van der Waals surface area contributed by atoms with Gasteiger partial charge in [0.15, 0.2) is 12.4 Å². The van der Waals surface area contributed by atoms with Crippen LogP contribution in [-0.4, -0.2) is 56.0 Å². The molecular weight excluding hydrogens is 530 g/mol. The van der Waals surface area contributed by atoms with Gasteiger partial charge in [-0.2, -0.15) is 0 Å². The lowest BCUT2D eigenvalue weighted by Crippen LogP contribution is -2.27. The Morgan fingerprint density at radius 3 is 2.20 bits per heavy atom. The lowest BCUT2D eigenvalue weighted by atomic mass is 10.1. The minimum absolute atomic E-state index is 0.0580. The van der Waals surface area contributed by atoms with Crippen molar-refractivity contribution in [2.24, 2.45) is 5.92 Å². The van der Waals surface area contributed by atoms with Crippen LogP contribution in [0.15, 0.2) is 72.8 Å². The molecule has 0 radical (unpaired) electrons. The molecule has 1 aliphatic heterocycles. The summed E-state index contributed by atoms with van der Waals surface area (Å²) in [7, 11) is 1.50. The molecule has 0 spiro atoms. The second-order valence-corrected chi connectivity index (χ2v) is 9.58. The van der Waals surface area contributed by atoms with Crippen molar-refractivity contribution in [2.75, 3.05) is 25.2 Å². The minimum Gasteiger partial charge on any atom is -0.497 e. The van der Waals surface area contributed by atoms with Gasteiger partial charge in [0.05, 0.1) is 30.3 Å². The van der Waals surface area contributed by atoms with Crippen LogP contribution in [0.2, 0.25) is 0 Å². The lowest BCUT2D eigenvalue weighted by Gasteiger charge is -2.17. The molecule has 10 nitrogen and oxygen atoms in total. The molecule has 1 aliphatic rings. The highest BCUT2D eigenvalue weighted by Crippen LogP contribution is 2.26. The highest BCUT2D eigenvalue weighted by atomic mass is 16.5. The van der Waals surface area contributed by atoms with Crippen molar-refractivity contribution in [3.63, 3.8) is 0 Å². The van der Waals surface area contributed by atoms with Gasteiger partial charge in [-0.05, 0) is 80.6 Å². The molecule has 0 aromatic heterocycles. The lowest BCUT2D eigenvalue weighted by molar-refractivity contribution is -0.147. The number of carbonyl (C=O) groups is 5. The Hall–Kier alpha value is -4.99. The van der Waals surface area contributed by atoms with Crippen molar-refractivity contribution in [2.45, 2.75) is 26.4 Å². The summed E-state index contributed by atoms with van der Waals surface area (Å²) in [6.07, 6.45) is -0.312. The summed E-state index contributed by atoms with van der Waals surface area (Å²) < 4.78 is 20.8. The Kier molecular flexibility index (Phi) is 9.13. The summed E-state index contributed by atoms with van der Waals surface area (Å²) >= 11 is 0. The highest BCUT2D eigenvalue weighted by molar-refractivity contribution is 6.01. The van der Waals surface area contributed by atoms with Crippen molar-refractivity contribution in [3.05, 3.63) is 89.5 Å². The SMILES string of the molecule is COc1cccc(C(=O)Oc2ccc(C(=O)COC(=O)[C@H]3CC(=O)N(c4ccc(C(=O)OC(C)C)cc4)C3)cc2)c1. The van der Waals surface area contributed by atoms with Crippen LogP contribution >= 0.6 is 0 Å². The van der Waals surface area contributed by atoms with Gasteiger partial charge in [-0.3, -0.25) is 14.4 Å².